The van der Waals surface area contributed by atoms with Crippen molar-refractivity contribution in [3.05, 3.63) is 29.7 Å². The van der Waals surface area contributed by atoms with Gasteiger partial charge in [-0.2, -0.15) is 4.98 Å². The lowest BCUT2D eigenvalue weighted by molar-refractivity contribution is 0.0668. The van der Waals surface area contributed by atoms with E-state index in [0.717, 1.165) is 31.5 Å². The standard InChI is InChI=1S/C13H14N4O3/c18-13(10-5-6-14-19-10)17-7-1-2-9(17)12-15-11(16-20-12)8-3-4-8/h5-6,8-9H,1-4,7H2. The summed E-state index contributed by atoms with van der Waals surface area (Å²) in [6.07, 6.45) is 5.49. The van der Waals surface area contributed by atoms with Gasteiger partial charge < -0.3 is 13.9 Å². The van der Waals surface area contributed by atoms with Gasteiger partial charge >= 0.3 is 0 Å². The van der Waals surface area contributed by atoms with Gasteiger partial charge in [0.15, 0.2) is 5.82 Å². The van der Waals surface area contributed by atoms with Crippen molar-refractivity contribution in [2.45, 2.75) is 37.6 Å². The lowest BCUT2D eigenvalue weighted by atomic mass is 10.2. The van der Waals surface area contributed by atoms with Crippen molar-refractivity contribution in [2.24, 2.45) is 0 Å². The van der Waals surface area contributed by atoms with Crippen LogP contribution in [0.1, 0.15) is 59.9 Å². The summed E-state index contributed by atoms with van der Waals surface area (Å²) >= 11 is 0. The first kappa shape index (κ1) is 11.6. The summed E-state index contributed by atoms with van der Waals surface area (Å²) in [5.41, 5.74) is 0. The Bertz CT molecular complexity index is 617. The van der Waals surface area contributed by atoms with Gasteiger partial charge in [0, 0.05) is 18.5 Å². The maximum atomic E-state index is 12.3. The molecule has 1 atom stereocenters. The molecule has 2 aromatic heterocycles. The molecule has 0 spiro atoms. The van der Waals surface area contributed by atoms with E-state index >= 15 is 0 Å². The molecule has 2 fully saturated rings. The largest absolute Gasteiger partial charge is 0.351 e. The predicted octanol–water partition coefficient (Wildman–Crippen LogP) is 1.91. The first-order chi connectivity index (χ1) is 9.83. The number of nitrogens with zero attached hydrogens (tertiary/aromatic N) is 4. The third-order valence-corrected chi connectivity index (χ3v) is 3.85. The second-order valence-electron chi connectivity index (χ2n) is 5.30. The molecule has 3 heterocycles. The molecule has 2 aliphatic rings. The molecule has 104 valence electrons. The van der Waals surface area contributed by atoms with Crippen LogP contribution in [-0.4, -0.2) is 32.6 Å². The quantitative estimate of drug-likeness (QED) is 0.849. The molecule has 1 aliphatic heterocycles. The molecular formula is C13H14N4O3. The molecule has 1 unspecified atom stereocenters. The van der Waals surface area contributed by atoms with Gasteiger partial charge in [-0.15, -0.1) is 0 Å². The highest BCUT2D eigenvalue weighted by atomic mass is 16.5. The third kappa shape index (κ3) is 1.90. The minimum absolute atomic E-state index is 0.146. The Kier molecular flexibility index (Phi) is 2.58. The van der Waals surface area contributed by atoms with Crippen molar-refractivity contribution < 1.29 is 13.8 Å². The van der Waals surface area contributed by atoms with Gasteiger partial charge in [-0.1, -0.05) is 10.3 Å². The Morgan fingerprint density at radius 3 is 2.95 bits per heavy atom. The molecule has 0 bridgehead atoms. The highest BCUT2D eigenvalue weighted by Gasteiger charge is 2.37. The molecule has 2 aromatic rings. The molecular weight excluding hydrogens is 260 g/mol. The molecule has 1 saturated carbocycles. The number of carbonyl (C=O) groups excluding carboxylic acids is 1. The average molecular weight is 274 g/mol. The lowest BCUT2D eigenvalue weighted by Crippen LogP contribution is -2.30. The monoisotopic (exact) mass is 274 g/mol. The molecule has 7 heteroatoms. The summed E-state index contributed by atoms with van der Waals surface area (Å²) in [6, 6.07) is 1.42. The van der Waals surface area contributed by atoms with Crippen LogP contribution in [0.5, 0.6) is 0 Å². The van der Waals surface area contributed by atoms with E-state index < -0.39 is 0 Å². The number of aromatic nitrogens is 3. The smallest absolute Gasteiger partial charge is 0.293 e. The van der Waals surface area contributed by atoms with Crippen molar-refractivity contribution >= 4 is 5.91 Å². The van der Waals surface area contributed by atoms with Crippen LogP contribution >= 0.6 is 0 Å². The highest BCUT2D eigenvalue weighted by molar-refractivity contribution is 5.91. The van der Waals surface area contributed by atoms with E-state index in [1.165, 1.54) is 6.20 Å². The Balaban J connectivity index is 1.58. The van der Waals surface area contributed by atoms with E-state index in [1.807, 2.05) is 0 Å². The zero-order valence-electron chi connectivity index (χ0n) is 10.9. The Morgan fingerprint density at radius 2 is 2.20 bits per heavy atom. The van der Waals surface area contributed by atoms with Gasteiger partial charge in [0.2, 0.25) is 11.7 Å². The number of rotatable bonds is 3. The Labute approximate surface area is 114 Å². The van der Waals surface area contributed by atoms with E-state index in [9.17, 15) is 4.79 Å². The second kappa shape index (κ2) is 4.43. The fourth-order valence-corrected chi connectivity index (χ4v) is 2.62. The first-order valence-corrected chi connectivity index (χ1v) is 6.88. The number of hydrogen-bond donors (Lipinski definition) is 0. The SMILES string of the molecule is O=C(c1ccno1)N1CCCC1c1nc(C2CC2)no1. The zero-order chi connectivity index (χ0) is 13.5. The van der Waals surface area contributed by atoms with Crippen molar-refractivity contribution in [1.29, 1.82) is 0 Å². The van der Waals surface area contributed by atoms with Crippen LogP contribution in [0, 0.1) is 0 Å². The van der Waals surface area contributed by atoms with Gasteiger partial charge in [-0.3, -0.25) is 4.79 Å². The molecule has 0 N–H and O–H groups in total. The molecule has 4 rings (SSSR count). The number of likely N-dealkylation sites (tertiary alicyclic amines) is 1. The minimum atomic E-state index is -0.170. The van der Waals surface area contributed by atoms with Gasteiger partial charge in [0.05, 0.1) is 6.20 Å². The van der Waals surface area contributed by atoms with Crippen LogP contribution in [0.25, 0.3) is 0 Å². The van der Waals surface area contributed by atoms with Crippen molar-refractivity contribution in [2.75, 3.05) is 6.54 Å². The van der Waals surface area contributed by atoms with Crippen LogP contribution in [-0.2, 0) is 0 Å². The lowest BCUT2D eigenvalue weighted by Gasteiger charge is -2.20. The normalized spacial score (nSPS) is 22.4. The van der Waals surface area contributed by atoms with Gasteiger partial charge in [0.25, 0.3) is 5.91 Å². The van der Waals surface area contributed by atoms with Gasteiger partial charge in [0.1, 0.15) is 6.04 Å². The predicted molar refractivity (Wildman–Crippen MR) is 65.8 cm³/mol. The molecule has 0 radical (unpaired) electrons. The van der Waals surface area contributed by atoms with E-state index in [1.54, 1.807) is 11.0 Å². The van der Waals surface area contributed by atoms with Gasteiger partial charge in [-0.25, -0.2) is 0 Å². The number of hydrogen-bond acceptors (Lipinski definition) is 6. The summed E-state index contributed by atoms with van der Waals surface area (Å²) < 4.78 is 10.3. The van der Waals surface area contributed by atoms with Crippen molar-refractivity contribution in [3.8, 4) is 0 Å². The van der Waals surface area contributed by atoms with Crippen LogP contribution in [0.4, 0.5) is 0 Å². The first-order valence-electron chi connectivity index (χ1n) is 6.88. The fourth-order valence-electron chi connectivity index (χ4n) is 2.62. The van der Waals surface area contributed by atoms with E-state index in [4.69, 9.17) is 9.05 Å². The van der Waals surface area contributed by atoms with E-state index in [0.29, 0.717) is 18.4 Å². The Morgan fingerprint density at radius 1 is 1.30 bits per heavy atom. The van der Waals surface area contributed by atoms with Crippen LogP contribution in [0.3, 0.4) is 0 Å². The van der Waals surface area contributed by atoms with Crippen LogP contribution in [0.2, 0.25) is 0 Å². The fraction of sp³-hybridized carbons (Fsp3) is 0.538. The van der Waals surface area contributed by atoms with Crippen molar-refractivity contribution in [3.63, 3.8) is 0 Å². The third-order valence-electron chi connectivity index (χ3n) is 3.85. The number of carbonyl (C=O) groups is 1. The molecule has 0 aromatic carbocycles. The average Bonchev–Trinajstić information content (AvgIpc) is 2.97. The van der Waals surface area contributed by atoms with E-state index in [2.05, 4.69) is 15.3 Å². The summed E-state index contributed by atoms with van der Waals surface area (Å²) in [5.74, 6) is 1.85. The summed E-state index contributed by atoms with van der Waals surface area (Å²) in [6.45, 7) is 0.672. The van der Waals surface area contributed by atoms with Crippen LogP contribution < -0.4 is 0 Å². The number of amides is 1. The molecule has 7 nitrogen and oxygen atoms in total. The maximum Gasteiger partial charge on any atom is 0.293 e. The summed E-state index contributed by atoms with van der Waals surface area (Å²) in [4.78, 5) is 18.5. The summed E-state index contributed by atoms with van der Waals surface area (Å²) in [7, 11) is 0. The maximum absolute atomic E-state index is 12.3. The molecule has 20 heavy (non-hydrogen) atoms. The molecule has 1 amide bonds. The Hall–Kier alpha value is -2.18. The zero-order valence-corrected chi connectivity index (χ0v) is 10.9. The molecule has 1 saturated heterocycles. The summed E-state index contributed by atoms with van der Waals surface area (Å²) in [5, 5.41) is 7.59. The van der Waals surface area contributed by atoms with Crippen LogP contribution in [0.15, 0.2) is 21.3 Å². The topological polar surface area (TPSA) is 85.3 Å². The minimum Gasteiger partial charge on any atom is -0.351 e. The molecule has 1 aliphatic carbocycles. The van der Waals surface area contributed by atoms with E-state index in [-0.39, 0.29) is 17.7 Å². The van der Waals surface area contributed by atoms with Gasteiger partial charge in [-0.05, 0) is 25.7 Å². The van der Waals surface area contributed by atoms with Crippen molar-refractivity contribution in [1.82, 2.24) is 20.2 Å². The second-order valence-corrected chi connectivity index (χ2v) is 5.30. The highest BCUT2D eigenvalue weighted by Crippen LogP contribution is 2.39.